The number of hydrogen-bond acceptors (Lipinski definition) is 3. The molecule has 4 nitrogen and oxygen atoms in total. The van der Waals surface area contributed by atoms with Gasteiger partial charge in [-0.25, -0.2) is 0 Å². The lowest BCUT2D eigenvalue weighted by Gasteiger charge is -2.21. The Morgan fingerprint density at radius 3 is 2.42 bits per heavy atom. The van der Waals surface area contributed by atoms with Crippen LogP contribution >= 0.6 is 11.6 Å². The van der Waals surface area contributed by atoms with Gasteiger partial charge in [0.15, 0.2) is 0 Å². The van der Waals surface area contributed by atoms with Crippen LogP contribution in [0, 0.1) is 0 Å². The zero-order valence-electron chi connectivity index (χ0n) is 13.7. The van der Waals surface area contributed by atoms with Crippen molar-refractivity contribution >= 4 is 17.5 Å². The Labute approximate surface area is 148 Å². The summed E-state index contributed by atoms with van der Waals surface area (Å²) < 4.78 is 5.19. The van der Waals surface area contributed by atoms with Crippen molar-refractivity contribution in [3.8, 4) is 0 Å². The molecule has 0 aromatic heterocycles. The maximum Gasteiger partial charge on any atom is 0.223 e. The number of methoxy groups -OCH3 is 1. The zero-order valence-corrected chi connectivity index (χ0v) is 14.5. The quantitative estimate of drug-likeness (QED) is 0.772. The molecule has 5 heteroatoms. The van der Waals surface area contributed by atoms with Gasteiger partial charge in [-0.2, -0.15) is 0 Å². The van der Waals surface area contributed by atoms with E-state index in [9.17, 15) is 4.79 Å². The Morgan fingerprint density at radius 1 is 1.17 bits per heavy atom. The SMILES string of the molecule is COC(CN)CC(=O)NC(Cc1ccc(Cl)cc1)c1ccccc1. The molecule has 2 aromatic rings. The first-order chi connectivity index (χ1) is 11.6. The number of nitrogens with two attached hydrogens (primary N) is 1. The van der Waals surface area contributed by atoms with E-state index in [-0.39, 0.29) is 24.5 Å². The largest absolute Gasteiger partial charge is 0.380 e. The molecule has 0 fully saturated rings. The van der Waals surface area contributed by atoms with E-state index in [1.165, 1.54) is 0 Å². The highest BCUT2D eigenvalue weighted by molar-refractivity contribution is 6.30. The molecule has 0 aliphatic heterocycles. The predicted octanol–water partition coefficient (Wildman–Crippen LogP) is 3.10. The summed E-state index contributed by atoms with van der Waals surface area (Å²) in [5.74, 6) is -0.0740. The van der Waals surface area contributed by atoms with E-state index >= 15 is 0 Å². The average Bonchev–Trinajstić information content (AvgIpc) is 2.61. The van der Waals surface area contributed by atoms with Gasteiger partial charge in [0.2, 0.25) is 5.91 Å². The molecular weight excluding hydrogens is 324 g/mol. The normalized spacial score (nSPS) is 13.3. The second-order valence-electron chi connectivity index (χ2n) is 5.66. The number of benzene rings is 2. The van der Waals surface area contributed by atoms with Crippen molar-refractivity contribution in [1.29, 1.82) is 0 Å². The van der Waals surface area contributed by atoms with E-state index in [0.717, 1.165) is 11.1 Å². The first kappa shape index (κ1) is 18.5. The highest BCUT2D eigenvalue weighted by Gasteiger charge is 2.18. The molecule has 24 heavy (non-hydrogen) atoms. The smallest absolute Gasteiger partial charge is 0.223 e. The number of carbonyl (C=O) groups is 1. The van der Waals surface area contributed by atoms with Crippen molar-refractivity contribution in [3.05, 3.63) is 70.7 Å². The minimum atomic E-state index is -0.267. The molecule has 0 spiro atoms. The zero-order chi connectivity index (χ0) is 17.4. The molecule has 0 aliphatic rings. The molecule has 0 saturated carbocycles. The van der Waals surface area contributed by atoms with Crippen LogP contribution in [0.15, 0.2) is 54.6 Å². The second kappa shape index (κ2) is 9.42. The number of halogens is 1. The Hall–Kier alpha value is -1.88. The fraction of sp³-hybridized carbons (Fsp3) is 0.316. The van der Waals surface area contributed by atoms with Gasteiger partial charge >= 0.3 is 0 Å². The maximum atomic E-state index is 12.3. The van der Waals surface area contributed by atoms with Gasteiger partial charge < -0.3 is 15.8 Å². The number of ether oxygens (including phenoxy) is 1. The van der Waals surface area contributed by atoms with E-state index in [2.05, 4.69) is 5.32 Å². The topological polar surface area (TPSA) is 64.3 Å². The van der Waals surface area contributed by atoms with Crippen molar-refractivity contribution in [2.45, 2.75) is 25.0 Å². The third kappa shape index (κ3) is 5.64. The molecule has 0 heterocycles. The van der Waals surface area contributed by atoms with Crippen LogP contribution in [0.3, 0.4) is 0 Å². The fourth-order valence-electron chi connectivity index (χ4n) is 2.52. The molecule has 0 aliphatic carbocycles. The summed E-state index contributed by atoms with van der Waals surface area (Å²) in [5, 5.41) is 3.79. The molecule has 2 atom stereocenters. The minimum Gasteiger partial charge on any atom is -0.380 e. The van der Waals surface area contributed by atoms with Crippen molar-refractivity contribution in [2.24, 2.45) is 5.73 Å². The Balaban J connectivity index is 2.11. The van der Waals surface area contributed by atoms with Gasteiger partial charge in [0, 0.05) is 18.7 Å². The third-order valence-corrected chi connectivity index (χ3v) is 4.15. The van der Waals surface area contributed by atoms with Crippen molar-refractivity contribution in [3.63, 3.8) is 0 Å². The van der Waals surface area contributed by atoms with Crippen LogP contribution in [0.5, 0.6) is 0 Å². The number of carbonyl (C=O) groups excluding carboxylic acids is 1. The standard InChI is InChI=1S/C19H23ClN2O2/c1-24-17(13-21)12-19(23)22-18(15-5-3-2-4-6-15)11-14-7-9-16(20)10-8-14/h2-10,17-18H,11-13,21H2,1H3,(H,22,23). The Morgan fingerprint density at radius 2 is 1.83 bits per heavy atom. The molecule has 2 unspecified atom stereocenters. The van der Waals surface area contributed by atoms with Crippen LogP contribution in [0.2, 0.25) is 5.02 Å². The minimum absolute atomic E-state index is 0.0740. The molecular formula is C19H23ClN2O2. The summed E-state index contributed by atoms with van der Waals surface area (Å²) in [6.07, 6.45) is 0.668. The van der Waals surface area contributed by atoms with Crippen LogP contribution in [-0.4, -0.2) is 25.7 Å². The lowest BCUT2D eigenvalue weighted by atomic mass is 9.98. The van der Waals surface area contributed by atoms with Gasteiger partial charge in [-0.15, -0.1) is 0 Å². The Kier molecular flexibility index (Phi) is 7.25. The predicted molar refractivity (Wildman–Crippen MR) is 97.0 cm³/mol. The summed E-state index contributed by atoms with van der Waals surface area (Å²) in [5.41, 5.74) is 7.76. The van der Waals surface area contributed by atoms with Crippen LogP contribution < -0.4 is 11.1 Å². The summed E-state index contributed by atoms with van der Waals surface area (Å²) in [6, 6.07) is 17.5. The summed E-state index contributed by atoms with van der Waals surface area (Å²) in [6.45, 7) is 0.317. The summed E-state index contributed by atoms with van der Waals surface area (Å²) in [7, 11) is 1.56. The van der Waals surface area contributed by atoms with Gasteiger partial charge in [0.05, 0.1) is 18.6 Å². The number of hydrogen-bond donors (Lipinski definition) is 2. The highest BCUT2D eigenvalue weighted by Crippen LogP contribution is 2.20. The third-order valence-electron chi connectivity index (χ3n) is 3.90. The summed E-state index contributed by atoms with van der Waals surface area (Å²) >= 11 is 5.94. The van der Waals surface area contributed by atoms with E-state index < -0.39 is 0 Å². The molecule has 0 bridgehead atoms. The molecule has 128 valence electrons. The van der Waals surface area contributed by atoms with Gasteiger partial charge in [0.25, 0.3) is 0 Å². The van der Waals surface area contributed by atoms with E-state index in [0.29, 0.717) is 18.0 Å². The lowest BCUT2D eigenvalue weighted by molar-refractivity contribution is -0.124. The number of nitrogens with one attached hydrogen (secondary N) is 1. The van der Waals surface area contributed by atoms with Gasteiger partial charge in [0.1, 0.15) is 0 Å². The molecule has 0 saturated heterocycles. The van der Waals surface area contributed by atoms with Gasteiger partial charge in [-0.05, 0) is 29.7 Å². The van der Waals surface area contributed by atoms with Gasteiger partial charge in [-0.1, -0.05) is 54.1 Å². The summed E-state index contributed by atoms with van der Waals surface area (Å²) in [4.78, 5) is 12.3. The monoisotopic (exact) mass is 346 g/mol. The van der Waals surface area contributed by atoms with Crippen LogP contribution in [0.4, 0.5) is 0 Å². The molecule has 2 aromatic carbocycles. The maximum absolute atomic E-state index is 12.3. The van der Waals surface area contributed by atoms with Crippen molar-refractivity contribution < 1.29 is 9.53 Å². The van der Waals surface area contributed by atoms with Crippen LogP contribution in [0.25, 0.3) is 0 Å². The lowest BCUT2D eigenvalue weighted by Crippen LogP contribution is -2.35. The highest BCUT2D eigenvalue weighted by atomic mass is 35.5. The van der Waals surface area contributed by atoms with E-state index in [1.807, 2.05) is 54.6 Å². The van der Waals surface area contributed by atoms with Crippen LogP contribution in [0.1, 0.15) is 23.6 Å². The molecule has 2 rings (SSSR count). The van der Waals surface area contributed by atoms with Crippen molar-refractivity contribution in [1.82, 2.24) is 5.32 Å². The molecule has 1 amide bonds. The first-order valence-corrected chi connectivity index (χ1v) is 8.31. The number of rotatable bonds is 8. The first-order valence-electron chi connectivity index (χ1n) is 7.94. The van der Waals surface area contributed by atoms with Crippen LogP contribution in [-0.2, 0) is 16.0 Å². The van der Waals surface area contributed by atoms with Gasteiger partial charge in [-0.3, -0.25) is 4.79 Å². The van der Waals surface area contributed by atoms with Crippen molar-refractivity contribution in [2.75, 3.05) is 13.7 Å². The molecule has 0 radical (unpaired) electrons. The second-order valence-corrected chi connectivity index (χ2v) is 6.10. The fourth-order valence-corrected chi connectivity index (χ4v) is 2.64. The Bertz CT molecular complexity index is 628. The average molecular weight is 347 g/mol. The number of amides is 1. The molecule has 3 N–H and O–H groups in total. The van der Waals surface area contributed by atoms with E-state index in [4.69, 9.17) is 22.1 Å². The van der Waals surface area contributed by atoms with E-state index in [1.54, 1.807) is 7.11 Å².